The van der Waals surface area contributed by atoms with E-state index < -0.39 is 5.41 Å². The van der Waals surface area contributed by atoms with E-state index in [9.17, 15) is 4.79 Å². The highest BCUT2D eigenvalue weighted by molar-refractivity contribution is 7.99. The molecule has 0 unspecified atom stereocenters. The van der Waals surface area contributed by atoms with Gasteiger partial charge in [-0.25, -0.2) is 0 Å². The smallest absolute Gasteiger partial charge is 0.236 e. The van der Waals surface area contributed by atoms with Gasteiger partial charge in [0, 0.05) is 15.2 Å². The molecule has 0 spiro atoms. The number of hydrogen-bond acceptors (Lipinski definition) is 2. The molecule has 2 aromatic carbocycles. The van der Waals surface area contributed by atoms with E-state index in [0.29, 0.717) is 0 Å². The van der Waals surface area contributed by atoms with E-state index in [4.69, 9.17) is 0 Å². The highest BCUT2D eigenvalue weighted by atomic mass is 32.2. The Balaban J connectivity index is 0.00000121. The summed E-state index contributed by atoms with van der Waals surface area (Å²) in [6, 6.07) is 16.2. The molecule has 1 aliphatic heterocycles. The lowest BCUT2D eigenvalue weighted by atomic mass is 9.94. The molecule has 2 aromatic rings. The molecule has 3 heteroatoms. The Morgan fingerprint density at radius 3 is 1.68 bits per heavy atom. The van der Waals surface area contributed by atoms with E-state index >= 15 is 0 Å². The number of amides is 1. The molecule has 0 atom stereocenters. The van der Waals surface area contributed by atoms with Crippen LogP contribution < -0.4 is 4.90 Å². The maximum atomic E-state index is 12.9. The summed E-state index contributed by atoms with van der Waals surface area (Å²) in [5.74, 6) is 0.123. The van der Waals surface area contributed by atoms with Crippen LogP contribution in [-0.4, -0.2) is 5.91 Å². The van der Waals surface area contributed by atoms with Crippen molar-refractivity contribution in [3.63, 3.8) is 0 Å². The third kappa shape index (κ3) is 3.05. The van der Waals surface area contributed by atoms with E-state index in [1.807, 2.05) is 62.1 Å². The van der Waals surface area contributed by atoms with Crippen molar-refractivity contribution >= 4 is 29.0 Å². The second-order valence-corrected chi connectivity index (χ2v) is 7.01. The number of fused-ring (bicyclic) bond motifs is 2. The number of para-hydroxylation sites is 2. The lowest BCUT2D eigenvalue weighted by Crippen LogP contribution is -2.37. The quantitative estimate of drug-likeness (QED) is 0.582. The highest BCUT2D eigenvalue weighted by Gasteiger charge is 2.34. The lowest BCUT2D eigenvalue weighted by molar-refractivity contribution is -0.125. The third-order valence-electron chi connectivity index (χ3n) is 3.28. The van der Waals surface area contributed by atoms with Crippen LogP contribution in [0.2, 0.25) is 0 Å². The molecule has 1 heterocycles. The molecule has 1 aliphatic rings. The van der Waals surface area contributed by atoms with E-state index in [2.05, 4.69) is 12.1 Å². The molecule has 118 valence electrons. The first kappa shape index (κ1) is 18.3. The zero-order chi connectivity index (χ0) is 14.3. The molecule has 0 saturated heterocycles. The summed E-state index contributed by atoms with van der Waals surface area (Å²) in [5.41, 5.74) is 1.55. The number of rotatable bonds is 0. The van der Waals surface area contributed by atoms with Gasteiger partial charge in [-0.15, -0.1) is 0 Å². The molecule has 0 aromatic heterocycles. The molecule has 0 fully saturated rings. The zero-order valence-corrected chi connectivity index (χ0v) is 12.7. The molecule has 0 saturated carbocycles. The van der Waals surface area contributed by atoms with Crippen molar-refractivity contribution in [2.45, 2.75) is 45.4 Å². The minimum atomic E-state index is -0.414. The number of nitrogens with zero attached hydrogens (tertiary/aromatic N) is 1. The maximum absolute atomic E-state index is 12.9. The van der Waals surface area contributed by atoms with Crippen LogP contribution in [0, 0.1) is 5.41 Å². The Kier molecular flexibility index (Phi) is 5.47. The SMILES string of the molecule is C.C.CC(C)(C)C(=O)N1c2ccccc2Sc2ccccc21. The average Bonchev–Trinajstić information content (AvgIpc) is 2.43. The van der Waals surface area contributed by atoms with Crippen LogP contribution in [-0.2, 0) is 4.79 Å². The Bertz CT molecular complexity index is 628. The molecule has 0 bridgehead atoms. The molecule has 0 radical (unpaired) electrons. The van der Waals surface area contributed by atoms with Crippen molar-refractivity contribution in [3.05, 3.63) is 48.5 Å². The average molecular weight is 315 g/mol. The van der Waals surface area contributed by atoms with Crippen molar-refractivity contribution < 1.29 is 4.79 Å². The monoisotopic (exact) mass is 315 g/mol. The van der Waals surface area contributed by atoms with Gasteiger partial charge in [-0.05, 0) is 24.3 Å². The minimum absolute atomic E-state index is 0. The summed E-state index contributed by atoms with van der Waals surface area (Å²) >= 11 is 1.72. The van der Waals surface area contributed by atoms with Gasteiger partial charge in [0.1, 0.15) is 0 Å². The van der Waals surface area contributed by atoms with E-state index in [1.54, 1.807) is 11.8 Å². The Hall–Kier alpha value is -1.74. The Labute approximate surface area is 138 Å². The molecule has 3 rings (SSSR count). The number of anilines is 2. The highest BCUT2D eigenvalue weighted by Crippen LogP contribution is 2.48. The number of carbonyl (C=O) groups is 1. The van der Waals surface area contributed by atoms with Crippen molar-refractivity contribution in [2.75, 3.05) is 4.90 Å². The number of carbonyl (C=O) groups excluding carboxylic acids is 1. The van der Waals surface area contributed by atoms with Crippen molar-refractivity contribution in [3.8, 4) is 0 Å². The van der Waals surface area contributed by atoms with Crippen LogP contribution in [0.1, 0.15) is 35.6 Å². The van der Waals surface area contributed by atoms with Gasteiger partial charge in [0.05, 0.1) is 11.4 Å². The maximum Gasteiger partial charge on any atom is 0.236 e. The third-order valence-corrected chi connectivity index (χ3v) is 4.41. The Morgan fingerprint density at radius 2 is 1.27 bits per heavy atom. The van der Waals surface area contributed by atoms with Crippen molar-refractivity contribution in [1.29, 1.82) is 0 Å². The van der Waals surface area contributed by atoms with Gasteiger partial charge in [0.2, 0.25) is 5.91 Å². The first-order valence-corrected chi connectivity index (χ1v) is 7.50. The van der Waals surface area contributed by atoms with E-state index in [-0.39, 0.29) is 20.8 Å². The minimum Gasteiger partial charge on any atom is -0.278 e. The normalized spacial score (nSPS) is 12.4. The van der Waals surface area contributed by atoms with Crippen LogP contribution in [0.5, 0.6) is 0 Å². The zero-order valence-electron chi connectivity index (χ0n) is 11.9. The molecular formula is C19H25NOS. The van der Waals surface area contributed by atoms with Crippen LogP contribution in [0.15, 0.2) is 58.3 Å². The number of hydrogen-bond donors (Lipinski definition) is 0. The van der Waals surface area contributed by atoms with Crippen molar-refractivity contribution in [1.82, 2.24) is 0 Å². The van der Waals surface area contributed by atoms with E-state index in [1.165, 1.54) is 0 Å². The molecule has 0 N–H and O–H groups in total. The molecular weight excluding hydrogens is 290 g/mol. The summed E-state index contributed by atoms with van der Waals surface area (Å²) in [6.07, 6.45) is 0. The predicted octanol–water partition coefficient (Wildman–Crippen LogP) is 6.13. The largest absolute Gasteiger partial charge is 0.278 e. The molecule has 1 amide bonds. The van der Waals surface area contributed by atoms with Crippen LogP contribution in [0.3, 0.4) is 0 Å². The fraction of sp³-hybridized carbons (Fsp3) is 0.316. The summed E-state index contributed by atoms with van der Waals surface area (Å²) < 4.78 is 0. The lowest BCUT2D eigenvalue weighted by Gasteiger charge is -2.35. The molecule has 2 nitrogen and oxygen atoms in total. The van der Waals surface area contributed by atoms with Gasteiger partial charge >= 0.3 is 0 Å². The predicted molar refractivity (Wildman–Crippen MR) is 97.1 cm³/mol. The molecule has 22 heavy (non-hydrogen) atoms. The fourth-order valence-corrected chi connectivity index (χ4v) is 3.32. The molecule has 0 aliphatic carbocycles. The second-order valence-electron chi connectivity index (χ2n) is 5.93. The fourth-order valence-electron chi connectivity index (χ4n) is 2.26. The Morgan fingerprint density at radius 1 is 0.864 bits per heavy atom. The summed E-state index contributed by atoms with van der Waals surface area (Å²) in [4.78, 5) is 17.0. The van der Waals surface area contributed by atoms with Crippen LogP contribution in [0.4, 0.5) is 11.4 Å². The first-order valence-electron chi connectivity index (χ1n) is 6.69. The van der Waals surface area contributed by atoms with Gasteiger partial charge in [-0.2, -0.15) is 0 Å². The topological polar surface area (TPSA) is 20.3 Å². The van der Waals surface area contributed by atoms with Gasteiger partial charge in [-0.3, -0.25) is 9.69 Å². The van der Waals surface area contributed by atoms with Crippen LogP contribution in [0.25, 0.3) is 0 Å². The first-order chi connectivity index (χ1) is 9.48. The number of benzene rings is 2. The van der Waals surface area contributed by atoms with Gasteiger partial charge < -0.3 is 0 Å². The summed E-state index contributed by atoms with van der Waals surface area (Å²) in [5, 5.41) is 0. The van der Waals surface area contributed by atoms with Gasteiger partial charge in [0.25, 0.3) is 0 Å². The summed E-state index contributed by atoms with van der Waals surface area (Å²) in [7, 11) is 0. The van der Waals surface area contributed by atoms with Gasteiger partial charge in [0.15, 0.2) is 0 Å². The van der Waals surface area contributed by atoms with E-state index in [0.717, 1.165) is 21.2 Å². The summed E-state index contributed by atoms with van der Waals surface area (Å²) in [6.45, 7) is 5.88. The van der Waals surface area contributed by atoms with Crippen molar-refractivity contribution in [2.24, 2.45) is 5.41 Å². The van der Waals surface area contributed by atoms with Crippen LogP contribution >= 0.6 is 11.8 Å². The second kappa shape index (κ2) is 6.57. The van der Waals surface area contributed by atoms with Gasteiger partial charge in [-0.1, -0.05) is 71.7 Å². The standard InChI is InChI=1S/C17H17NOS.2CH4/c1-17(2,3)16(19)18-12-8-4-6-10-14(12)20-15-11-7-5-9-13(15)18;;/h4-11H,1-3H3;2*1H4.